The van der Waals surface area contributed by atoms with Gasteiger partial charge in [0, 0.05) is 6.07 Å². The number of carboxylic acid groups (broad SMARTS) is 1. The van der Waals surface area contributed by atoms with Crippen LogP contribution in [0.1, 0.15) is 29.8 Å². The lowest BCUT2D eigenvalue weighted by Gasteiger charge is -2.15. The van der Waals surface area contributed by atoms with Crippen LogP contribution in [0.5, 0.6) is 11.5 Å². The van der Waals surface area contributed by atoms with Gasteiger partial charge in [-0.3, -0.25) is 0 Å². The smallest absolute Gasteiger partial charge is 0.339 e. The molecule has 22 heavy (non-hydrogen) atoms. The maximum Gasteiger partial charge on any atom is 0.339 e. The number of hydrogen-bond donors (Lipinski definition) is 1. The summed E-state index contributed by atoms with van der Waals surface area (Å²) in [6.45, 7) is 4.09. The van der Waals surface area contributed by atoms with Crippen LogP contribution in [-0.2, 0) is 6.61 Å². The molecule has 116 valence electrons. The van der Waals surface area contributed by atoms with Crippen molar-refractivity contribution in [1.82, 2.24) is 0 Å². The first kappa shape index (κ1) is 16.4. The summed E-state index contributed by atoms with van der Waals surface area (Å²) in [5.74, 6) is -0.191. The Labute approximate surface area is 137 Å². The maximum atomic E-state index is 11.3. The van der Waals surface area contributed by atoms with Crippen LogP contribution in [0.4, 0.5) is 0 Å². The summed E-state index contributed by atoms with van der Waals surface area (Å²) >= 11 is 3.35. The van der Waals surface area contributed by atoms with Gasteiger partial charge in [-0.25, -0.2) is 4.79 Å². The van der Waals surface area contributed by atoms with Crippen LogP contribution in [-0.4, -0.2) is 17.2 Å². The zero-order valence-electron chi connectivity index (χ0n) is 12.4. The third-order valence-corrected chi connectivity index (χ3v) is 3.48. The molecule has 0 aliphatic heterocycles. The lowest BCUT2D eigenvalue weighted by Crippen LogP contribution is -2.10. The molecule has 0 radical (unpaired) electrons. The fourth-order valence-electron chi connectivity index (χ4n) is 1.90. The van der Waals surface area contributed by atoms with E-state index < -0.39 is 5.97 Å². The second-order valence-corrected chi connectivity index (χ2v) is 5.88. The van der Waals surface area contributed by atoms with E-state index >= 15 is 0 Å². The highest BCUT2D eigenvalue weighted by atomic mass is 79.9. The van der Waals surface area contributed by atoms with Gasteiger partial charge in [-0.15, -0.1) is 0 Å². The van der Waals surface area contributed by atoms with E-state index in [0.717, 1.165) is 5.56 Å². The molecule has 0 fully saturated rings. The van der Waals surface area contributed by atoms with Crippen LogP contribution in [0.25, 0.3) is 0 Å². The van der Waals surface area contributed by atoms with Crippen LogP contribution >= 0.6 is 15.9 Å². The lowest BCUT2D eigenvalue weighted by atomic mass is 10.2. The Hall–Kier alpha value is -2.01. The van der Waals surface area contributed by atoms with Gasteiger partial charge in [0.25, 0.3) is 0 Å². The van der Waals surface area contributed by atoms with Crippen LogP contribution in [0.15, 0.2) is 46.9 Å². The molecule has 4 nitrogen and oxygen atoms in total. The Balaban J connectivity index is 2.25. The molecule has 0 aliphatic carbocycles. The number of carboxylic acids is 1. The van der Waals surface area contributed by atoms with Gasteiger partial charge in [-0.1, -0.05) is 30.3 Å². The number of hydrogen-bond acceptors (Lipinski definition) is 3. The molecule has 0 aromatic heterocycles. The molecule has 0 saturated heterocycles. The zero-order valence-corrected chi connectivity index (χ0v) is 14.0. The summed E-state index contributed by atoms with van der Waals surface area (Å²) in [7, 11) is 0. The molecule has 0 heterocycles. The minimum atomic E-state index is -1.04. The number of halogens is 1. The minimum Gasteiger partial charge on any atom is -0.490 e. The molecule has 0 saturated carbocycles. The third kappa shape index (κ3) is 4.24. The van der Waals surface area contributed by atoms with Gasteiger partial charge in [-0.2, -0.15) is 0 Å². The van der Waals surface area contributed by atoms with Gasteiger partial charge in [-0.05, 0) is 41.4 Å². The third-order valence-electron chi connectivity index (χ3n) is 2.86. The minimum absolute atomic E-state index is 0.104. The lowest BCUT2D eigenvalue weighted by molar-refractivity contribution is 0.0690. The molecule has 2 rings (SSSR count). The summed E-state index contributed by atoms with van der Waals surface area (Å²) in [5.41, 5.74) is 1.13. The predicted octanol–water partition coefficient (Wildman–Crippen LogP) is 4.51. The van der Waals surface area contributed by atoms with Crippen molar-refractivity contribution >= 4 is 21.9 Å². The predicted molar refractivity (Wildman–Crippen MR) is 87.6 cm³/mol. The molecule has 0 aliphatic rings. The average Bonchev–Trinajstić information content (AvgIpc) is 2.47. The standard InChI is InChI=1S/C17H17BrO4/c1-11(2)22-15-9-16(14(18)8-13(15)17(19)20)21-10-12-6-4-3-5-7-12/h3-9,11H,10H2,1-2H3,(H,19,20). The highest BCUT2D eigenvalue weighted by Gasteiger charge is 2.17. The van der Waals surface area contributed by atoms with E-state index in [-0.39, 0.29) is 11.7 Å². The molecule has 0 spiro atoms. The maximum absolute atomic E-state index is 11.3. The van der Waals surface area contributed by atoms with Crippen LogP contribution < -0.4 is 9.47 Å². The molecule has 0 unspecified atom stereocenters. The fraction of sp³-hybridized carbons (Fsp3) is 0.235. The van der Waals surface area contributed by atoms with Crippen molar-refractivity contribution < 1.29 is 19.4 Å². The first-order valence-electron chi connectivity index (χ1n) is 6.87. The molecule has 0 atom stereocenters. The van der Waals surface area contributed by atoms with Gasteiger partial charge in [0.15, 0.2) is 0 Å². The molecule has 2 aromatic rings. The van der Waals surface area contributed by atoms with Crippen molar-refractivity contribution in [3.8, 4) is 11.5 Å². The van der Waals surface area contributed by atoms with E-state index in [9.17, 15) is 9.90 Å². The Bertz CT molecular complexity index is 653. The molecule has 0 amide bonds. The van der Waals surface area contributed by atoms with E-state index in [2.05, 4.69) is 15.9 Å². The van der Waals surface area contributed by atoms with Crippen LogP contribution in [0.2, 0.25) is 0 Å². The summed E-state index contributed by atoms with van der Waals surface area (Å²) in [4.78, 5) is 11.3. The number of aromatic carboxylic acids is 1. The number of rotatable bonds is 6. The average molecular weight is 365 g/mol. The zero-order chi connectivity index (χ0) is 16.1. The van der Waals surface area contributed by atoms with Crippen molar-refractivity contribution in [3.63, 3.8) is 0 Å². The SMILES string of the molecule is CC(C)Oc1cc(OCc2ccccc2)c(Br)cc1C(=O)O. The summed E-state index contributed by atoms with van der Waals surface area (Å²) in [5, 5.41) is 9.26. The molecular weight excluding hydrogens is 348 g/mol. The molecule has 2 aromatic carbocycles. The highest BCUT2D eigenvalue weighted by Crippen LogP contribution is 2.34. The Kier molecular flexibility index (Phi) is 5.44. The van der Waals surface area contributed by atoms with Gasteiger partial charge in [0.05, 0.1) is 10.6 Å². The first-order chi connectivity index (χ1) is 10.5. The normalized spacial score (nSPS) is 10.5. The van der Waals surface area contributed by atoms with Gasteiger partial charge in [0.1, 0.15) is 23.7 Å². The second kappa shape index (κ2) is 7.31. The fourth-order valence-corrected chi connectivity index (χ4v) is 2.36. The number of benzene rings is 2. The largest absolute Gasteiger partial charge is 0.490 e. The highest BCUT2D eigenvalue weighted by molar-refractivity contribution is 9.10. The van der Waals surface area contributed by atoms with Gasteiger partial charge in [0.2, 0.25) is 0 Å². The van der Waals surface area contributed by atoms with E-state index in [1.165, 1.54) is 6.07 Å². The van der Waals surface area contributed by atoms with Gasteiger partial charge < -0.3 is 14.6 Å². The van der Waals surface area contributed by atoms with E-state index in [1.54, 1.807) is 6.07 Å². The van der Waals surface area contributed by atoms with Crippen molar-refractivity contribution in [3.05, 3.63) is 58.1 Å². The second-order valence-electron chi connectivity index (χ2n) is 5.02. The van der Waals surface area contributed by atoms with Crippen molar-refractivity contribution in [1.29, 1.82) is 0 Å². The molecular formula is C17H17BrO4. The van der Waals surface area contributed by atoms with Crippen molar-refractivity contribution in [2.45, 2.75) is 26.6 Å². The first-order valence-corrected chi connectivity index (χ1v) is 7.67. The van der Waals surface area contributed by atoms with E-state index in [4.69, 9.17) is 9.47 Å². The molecule has 1 N–H and O–H groups in total. The Morgan fingerprint density at radius 1 is 1.18 bits per heavy atom. The quantitative estimate of drug-likeness (QED) is 0.818. The van der Waals surface area contributed by atoms with Crippen molar-refractivity contribution in [2.24, 2.45) is 0 Å². The van der Waals surface area contributed by atoms with Crippen LogP contribution in [0, 0.1) is 0 Å². The molecule has 5 heteroatoms. The summed E-state index contributed by atoms with van der Waals surface area (Å²) in [6.07, 6.45) is -0.124. The van der Waals surface area contributed by atoms with Crippen molar-refractivity contribution in [2.75, 3.05) is 0 Å². The Morgan fingerprint density at radius 3 is 2.45 bits per heavy atom. The summed E-state index contributed by atoms with van der Waals surface area (Å²) < 4.78 is 11.9. The van der Waals surface area contributed by atoms with E-state index in [1.807, 2.05) is 44.2 Å². The van der Waals surface area contributed by atoms with E-state index in [0.29, 0.717) is 22.6 Å². The van der Waals surface area contributed by atoms with Crippen LogP contribution in [0.3, 0.4) is 0 Å². The Morgan fingerprint density at radius 2 is 1.86 bits per heavy atom. The topological polar surface area (TPSA) is 55.8 Å². The van der Waals surface area contributed by atoms with Gasteiger partial charge >= 0.3 is 5.97 Å². The number of carbonyl (C=O) groups is 1. The number of ether oxygens (including phenoxy) is 2. The molecule has 0 bridgehead atoms. The monoisotopic (exact) mass is 364 g/mol. The summed E-state index contributed by atoms with van der Waals surface area (Å²) in [6, 6.07) is 12.9.